The number of hydrogen-bond donors (Lipinski definition) is 2. The first-order valence-electron chi connectivity index (χ1n) is 3.37. The predicted molar refractivity (Wildman–Crippen MR) is 43.9 cm³/mol. The molecule has 0 aromatic carbocycles. The molecular formula is C6H11NO4S. The van der Waals surface area contributed by atoms with Crippen molar-refractivity contribution in [3.63, 3.8) is 0 Å². The number of carboxylic acids is 1. The Bertz CT molecular complexity index is 216. The van der Waals surface area contributed by atoms with Gasteiger partial charge in [-0.25, -0.2) is 0 Å². The molecule has 0 aliphatic carbocycles. The van der Waals surface area contributed by atoms with Crippen molar-refractivity contribution in [2.24, 2.45) is 5.73 Å². The molecule has 0 aromatic heterocycles. The Labute approximate surface area is 72.4 Å². The standard InChI is InChI=1S/C6H11NO4S/c1-2-4(6(7)10)12(11)3-5(8)9/h4H,2-3H2,1H3,(H2,7,10)(H,8,9). The lowest BCUT2D eigenvalue weighted by Gasteiger charge is -2.07. The molecule has 0 rings (SSSR count). The smallest absolute Gasteiger partial charge is 0.316 e. The zero-order valence-corrected chi connectivity index (χ0v) is 7.47. The van der Waals surface area contributed by atoms with Gasteiger partial charge in [0.2, 0.25) is 5.91 Å². The van der Waals surface area contributed by atoms with E-state index in [0.29, 0.717) is 6.42 Å². The number of aliphatic carboxylic acids is 1. The van der Waals surface area contributed by atoms with Gasteiger partial charge in [0.15, 0.2) is 0 Å². The minimum atomic E-state index is -1.69. The molecule has 6 heteroatoms. The van der Waals surface area contributed by atoms with Crippen molar-refractivity contribution < 1.29 is 18.9 Å². The van der Waals surface area contributed by atoms with Crippen molar-refractivity contribution in [2.45, 2.75) is 18.6 Å². The normalized spacial score (nSPS) is 15.1. The van der Waals surface area contributed by atoms with Gasteiger partial charge in [-0.15, -0.1) is 0 Å². The van der Waals surface area contributed by atoms with Crippen LogP contribution >= 0.6 is 0 Å². The molecule has 0 bridgehead atoms. The third-order valence-electron chi connectivity index (χ3n) is 1.27. The van der Waals surface area contributed by atoms with Crippen LogP contribution in [-0.4, -0.2) is 32.2 Å². The summed E-state index contributed by atoms with van der Waals surface area (Å²) in [7, 11) is -1.69. The van der Waals surface area contributed by atoms with Crippen LogP contribution in [0.3, 0.4) is 0 Å². The Hall–Kier alpha value is -0.910. The Morgan fingerprint density at radius 1 is 1.58 bits per heavy atom. The van der Waals surface area contributed by atoms with E-state index in [0.717, 1.165) is 0 Å². The first kappa shape index (κ1) is 11.1. The number of carboxylic acid groups (broad SMARTS) is 1. The Balaban J connectivity index is 4.22. The van der Waals surface area contributed by atoms with E-state index < -0.39 is 33.7 Å². The average molecular weight is 193 g/mol. The SMILES string of the molecule is CCC(C(N)=O)S(=O)CC(=O)O. The van der Waals surface area contributed by atoms with Crippen molar-refractivity contribution in [2.75, 3.05) is 5.75 Å². The lowest BCUT2D eigenvalue weighted by Crippen LogP contribution is -2.34. The monoisotopic (exact) mass is 193 g/mol. The van der Waals surface area contributed by atoms with Crippen LogP contribution in [0, 0.1) is 0 Å². The third kappa shape index (κ3) is 3.47. The number of carbonyl (C=O) groups excluding carboxylic acids is 1. The third-order valence-corrected chi connectivity index (χ3v) is 3.00. The summed E-state index contributed by atoms with van der Waals surface area (Å²) < 4.78 is 11.1. The van der Waals surface area contributed by atoms with Gasteiger partial charge in [0.25, 0.3) is 0 Å². The molecule has 12 heavy (non-hydrogen) atoms. The fourth-order valence-corrected chi connectivity index (χ4v) is 1.81. The zero-order valence-electron chi connectivity index (χ0n) is 6.65. The largest absolute Gasteiger partial charge is 0.481 e. The van der Waals surface area contributed by atoms with Gasteiger partial charge in [0, 0.05) is 10.8 Å². The molecule has 0 aliphatic heterocycles. The van der Waals surface area contributed by atoms with Crippen molar-refractivity contribution in [1.82, 2.24) is 0 Å². The molecule has 1 amide bonds. The summed E-state index contributed by atoms with van der Waals surface area (Å²) in [6.45, 7) is 1.63. The quantitative estimate of drug-likeness (QED) is 0.590. The molecular weight excluding hydrogens is 182 g/mol. The molecule has 2 atom stereocenters. The van der Waals surface area contributed by atoms with Crippen LogP contribution in [0.4, 0.5) is 0 Å². The van der Waals surface area contributed by atoms with Crippen LogP contribution in [0.5, 0.6) is 0 Å². The topological polar surface area (TPSA) is 97.5 Å². The fourth-order valence-electron chi connectivity index (χ4n) is 0.739. The van der Waals surface area contributed by atoms with E-state index in [1.54, 1.807) is 6.92 Å². The van der Waals surface area contributed by atoms with Crippen LogP contribution in [0.25, 0.3) is 0 Å². The summed E-state index contributed by atoms with van der Waals surface area (Å²) in [6.07, 6.45) is 0.301. The molecule has 2 unspecified atom stereocenters. The molecule has 0 aromatic rings. The second-order valence-electron chi connectivity index (χ2n) is 2.22. The van der Waals surface area contributed by atoms with Gasteiger partial charge in [0.1, 0.15) is 11.0 Å². The van der Waals surface area contributed by atoms with E-state index in [9.17, 15) is 13.8 Å². The van der Waals surface area contributed by atoms with Crippen LogP contribution in [0.15, 0.2) is 0 Å². The molecule has 0 spiro atoms. The van der Waals surface area contributed by atoms with E-state index in [-0.39, 0.29) is 0 Å². The molecule has 0 fully saturated rings. The number of amides is 1. The Morgan fingerprint density at radius 3 is 2.33 bits per heavy atom. The van der Waals surface area contributed by atoms with Crippen LogP contribution in [0.1, 0.15) is 13.3 Å². The highest BCUT2D eigenvalue weighted by molar-refractivity contribution is 7.87. The lowest BCUT2D eigenvalue weighted by atomic mass is 10.3. The number of hydrogen-bond acceptors (Lipinski definition) is 3. The molecule has 0 saturated carbocycles. The molecule has 3 N–H and O–H groups in total. The predicted octanol–water partition coefficient (Wildman–Crippen LogP) is -0.916. The molecule has 0 radical (unpaired) electrons. The van der Waals surface area contributed by atoms with E-state index in [1.165, 1.54) is 0 Å². The summed E-state index contributed by atoms with van der Waals surface area (Å²) >= 11 is 0. The summed E-state index contributed by atoms with van der Waals surface area (Å²) in [5, 5.41) is 7.42. The van der Waals surface area contributed by atoms with Gasteiger partial charge in [-0.1, -0.05) is 6.92 Å². The number of rotatable bonds is 5. The van der Waals surface area contributed by atoms with Crippen molar-refractivity contribution in [3.8, 4) is 0 Å². The molecule has 0 aliphatic rings. The van der Waals surface area contributed by atoms with Crippen molar-refractivity contribution in [3.05, 3.63) is 0 Å². The summed E-state index contributed by atoms with van der Waals surface area (Å²) in [5.41, 5.74) is 4.90. The second-order valence-corrected chi connectivity index (χ2v) is 3.84. The molecule has 70 valence electrons. The summed E-state index contributed by atoms with van der Waals surface area (Å²) in [4.78, 5) is 20.7. The van der Waals surface area contributed by atoms with Crippen LogP contribution in [-0.2, 0) is 20.4 Å². The lowest BCUT2D eigenvalue weighted by molar-refractivity contribution is -0.133. The molecule has 5 nitrogen and oxygen atoms in total. The van der Waals surface area contributed by atoms with Gasteiger partial charge >= 0.3 is 5.97 Å². The van der Waals surface area contributed by atoms with E-state index in [4.69, 9.17) is 10.8 Å². The minimum Gasteiger partial charge on any atom is -0.481 e. The summed E-state index contributed by atoms with van der Waals surface area (Å²) in [5.74, 6) is -2.42. The van der Waals surface area contributed by atoms with Crippen molar-refractivity contribution >= 4 is 22.7 Å². The van der Waals surface area contributed by atoms with Gasteiger partial charge in [-0.05, 0) is 6.42 Å². The number of carbonyl (C=O) groups is 2. The van der Waals surface area contributed by atoms with Gasteiger partial charge in [-0.3, -0.25) is 13.8 Å². The zero-order chi connectivity index (χ0) is 9.72. The van der Waals surface area contributed by atoms with E-state index in [1.807, 2.05) is 0 Å². The Kier molecular flexibility index (Phi) is 4.50. The first-order chi connectivity index (χ1) is 5.49. The fraction of sp³-hybridized carbons (Fsp3) is 0.667. The van der Waals surface area contributed by atoms with Crippen LogP contribution < -0.4 is 5.73 Å². The Morgan fingerprint density at radius 2 is 2.08 bits per heavy atom. The second kappa shape index (κ2) is 4.87. The van der Waals surface area contributed by atoms with Gasteiger partial charge < -0.3 is 10.8 Å². The van der Waals surface area contributed by atoms with E-state index in [2.05, 4.69) is 0 Å². The van der Waals surface area contributed by atoms with Gasteiger partial charge in [-0.2, -0.15) is 0 Å². The highest BCUT2D eigenvalue weighted by Crippen LogP contribution is 2.01. The van der Waals surface area contributed by atoms with E-state index >= 15 is 0 Å². The van der Waals surface area contributed by atoms with Crippen LogP contribution in [0.2, 0.25) is 0 Å². The maximum atomic E-state index is 11.1. The number of primary amides is 1. The maximum Gasteiger partial charge on any atom is 0.316 e. The first-order valence-corrected chi connectivity index (χ1v) is 4.75. The maximum absolute atomic E-state index is 11.1. The summed E-state index contributed by atoms with van der Waals surface area (Å²) in [6, 6.07) is 0. The highest BCUT2D eigenvalue weighted by atomic mass is 32.2. The number of nitrogens with two attached hydrogens (primary N) is 1. The highest BCUT2D eigenvalue weighted by Gasteiger charge is 2.22. The minimum absolute atomic E-state index is 0.301. The van der Waals surface area contributed by atoms with Crippen molar-refractivity contribution in [1.29, 1.82) is 0 Å². The average Bonchev–Trinajstić information content (AvgIpc) is 1.85. The molecule has 0 heterocycles. The molecule has 0 saturated heterocycles. The van der Waals surface area contributed by atoms with Gasteiger partial charge in [0.05, 0.1) is 0 Å².